The molecule has 0 aliphatic carbocycles. The first-order valence-corrected chi connectivity index (χ1v) is 5.42. The number of amidine groups is 1. The third-order valence-corrected chi connectivity index (χ3v) is 2.90. The Bertz CT molecular complexity index is 354. The maximum atomic E-state index is 7.51. The number of hydrogen-bond acceptors (Lipinski definition) is 2. The number of nitrogens with two attached hydrogens (primary N) is 1. The summed E-state index contributed by atoms with van der Waals surface area (Å²) in [6.07, 6.45) is 2.59. The molecule has 15 heavy (non-hydrogen) atoms. The lowest BCUT2D eigenvalue weighted by Gasteiger charge is -2.16. The Kier molecular flexibility index (Phi) is 3.02. The molecule has 0 unspecified atom stereocenters. The van der Waals surface area contributed by atoms with E-state index in [4.69, 9.17) is 11.1 Å². The molecule has 3 N–H and O–H groups in total. The maximum absolute atomic E-state index is 7.51. The molecule has 1 heterocycles. The van der Waals surface area contributed by atoms with Crippen molar-refractivity contribution in [3.63, 3.8) is 0 Å². The van der Waals surface area contributed by atoms with Crippen LogP contribution >= 0.6 is 0 Å². The van der Waals surface area contributed by atoms with Gasteiger partial charge >= 0.3 is 0 Å². The second-order valence-electron chi connectivity index (χ2n) is 4.05. The first kappa shape index (κ1) is 10.2. The van der Waals surface area contributed by atoms with Crippen LogP contribution in [-0.2, 0) is 6.54 Å². The summed E-state index contributed by atoms with van der Waals surface area (Å²) in [6, 6.07) is 7.94. The number of likely N-dealkylation sites (tertiary alicyclic amines) is 1. The topological polar surface area (TPSA) is 53.1 Å². The normalized spacial score (nSPS) is 16.8. The quantitative estimate of drug-likeness (QED) is 0.578. The van der Waals surface area contributed by atoms with Crippen LogP contribution in [0, 0.1) is 5.41 Å². The highest BCUT2D eigenvalue weighted by atomic mass is 15.1. The SMILES string of the molecule is N=C(N)c1ccccc1CN1CCCC1. The van der Waals surface area contributed by atoms with Crippen molar-refractivity contribution in [2.24, 2.45) is 5.73 Å². The van der Waals surface area contributed by atoms with Gasteiger partial charge in [-0.3, -0.25) is 10.3 Å². The molecule has 0 amide bonds. The van der Waals surface area contributed by atoms with Crippen LogP contribution in [0.4, 0.5) is 0 Å². The molecule has 1 aromatic rings. The van der Waals surface area contributed by atoms with Crippen LogP contribution in [0.2, 0.25) is 0 Å². The van der Waals surface area contributed by atoms with Gasteiger partial charge in [0, 0.05) is 12.1 Å². The first-order valence-electron chi connectivity index (χ1n) is 5.42. The van der Waals surface area contributed by atoms with Gasteiger partial charge in [0.05, 0.1) is 0 Å². The first-order chi connectivity index (χ1) is 7.27. The van der Waals surface area contributed by atoms with Gasteiger partial charge in [0.2, 0.25) is 0 Å². The van der Waals surface area contributed by atoms with Crippen LogP contribution < -0.4 is 5.73 Å². The van der Waals surface area contributed by atoms with E-state index in [1.54, 1.807) is 0 Å². The molecule has 3 heteroatoms. The summed E-state index contributed by atoms with van der Waals surface area (Å²) in [7, 11) is 0. The summed E-state index contributed by atoms with van der Waals surface area (Å²) in [5, 5.41) is 7.51. The Labute approximate surface area is 90.4 Å². The number of benzene rings is 1. The molecule has 0 aromatic heterocycles. The number of rotatable bonds is 3. The van der Waals surface area contributed by atoms with Crippen LogP contribution in [-0.4, -0.2) is 23.8 Å². The molecule has 0 atom stereocenters. The van der Waals surface area contributed by atoms with Crippen molar-refractivity contribution < 1.29 is 0 Å². The second-order valence-corrected chi connectivity index (χ2v) is 4.05. The number of nitrogens with zero attached hydrogens (tertiary/aromatic N) is 1. The van der Waals surface area contributed by atoms with Crippen molar-refractivity contribution in [3.8, 4) is 0 Å². The minimum atomic E-state index is 0.171. The van der Waals surface area contributed by atoms with Crippen molar-refractivity contribution in [2.75, 3.05) is 13.1 Å². The van der Waals surface area contributed by atoms with Crippen molar-refractivity contribution >= 4 is 5.84 Å². The number of nitrogens with one attached hydrogen (secondary N) is 1. The molecular formula is C12H17N3. The fraction of sp³-hybridized carbons (Fsp3) is 0.417. The van der Waals surface area contributed by atoms with Gasteiger partial charge in [0.1, 0.15) is 5.84 Å². The summed E-state index contributed by atoms with van der Waals surface area (Å²) in [6.45, 7) is 3.27. The molecule has 1 fully saturated rings. The Hall–Kier alpha value is -1.35. The summed E-state index contributed by atoms with van der Waals surface area (Å²) in [5.74, 6) is 0.171. The van der Waals surface area contributed by atoms with E-state index in [1.807, 2.05) is 18.2 Å². The van der Waals surface area contributed by atoms with Crippen molar-refractivity contribution in [3.05, 3.63) is 35.4 Å². The summed E-state index contributed by atoms with van der Waals surface area (Å²) in [4.78, 5) is 2.42. The molecule has 3 nitrogen and oxygen atoms in total. The van der Waals surface area contributed by atoms with Gasteiger partial charge in [-0.2, -0.15) is 0 Å². The Morgan fingerprint density at radius 3 is 2.60 bits per heavy atom. The van der Waals surface area contributed by atoms with Crippen LogP contribution in [0.15, 0.2) is 24.3 Å². The molecule has 1 aliphatic rings. The van der Waals surface area contributed by atoms with Crippen molar-refractivity contribution in [1.82, 2.24) is 4.90 Å². The molecule has 0 saturated carbocycles. The lowest BCUT2D eigenvalue weighted by Crippen LogP contribution is -2.22. The molecule has 1 aliphatic heterocycles. The van der Waals surface area contributed by atoms with Crippen LogP contribution in [0.1, 0.15) is 24.0 Å². The molecule has 80 valence electrons. The minimum Gasteiger partial charge on any atom is -0.384 e. The third-order valence-electron chi connectivity index (χ3n) is 2.90. The minimum absolute atomic E-state index is 0.171. The van der Waals surface area contributed by atoms with Crippen LogP contribution in [0.3, 0.4) is 0 Å². The highest BCUT2D eigenvalue weighted by molar-refractivity contribution is 5.96. The number of nitrogen functional groups attached to an aromatic ring is 1. The van der Waals surface area contributed by atoms with Gasteiger partial charge in [-0.05, 0) is 31.5 Å². The van der Waals surface area contributed by atoms with Gasteiger partial charge in [-0.15, -0.1) is 0 Å². The zero-order chi connectivity index (χ0) is 10.7. The Morgan fingerprint density at radius 1 is 1.27 bits per heavy atom. The molecule has 1 aromatic carbocycles. The largest absolute Gasteiger partial charge is 0.384 e. The molecular weight excluding hydrogens is 186 g/mol. The highest BCUT2D eigenvalue weighted by Gasteiger charge is 2.13. The van der Waals surface area contributed by atoms with Gasteiger partial charge in [0.25, 0.3) is 0 Å². The van der Waals surface area contributed by atoms with Crippen LogP contribution in [0.25, 0.3) is 0 Å². The van der Waals surface area contributed by atoms with Gasteiger partial charge in [-0.25, -0.2) is 0 Å². The highest BCUT2D eigenvalue weighted by Crippen LogP contribution is 2.15. The van der Waals surface area contributed by atoms with E-state index >= 15 is 0 Å². The predicted molar refractivity (Wildman–Crippen MR) is 62.0 cm³/mol. The summed E-state index contributed by atoms with van der Waals surface area (Å²) in [5.41, 5.74) is 7.61. The third kappa shape index (κ3) is 2.36. The average Bonchev–Trinajstić information content (AvgIpc) is 2.71. The number of hydrogen-bond donors (Lipinski definition) is 2. The van der Waals surface area contributed by atoms with E-state index in [1.165, 1.54) is 31.5 Å². The van der Waals surface area contributed by atoms with Crippen molar-refractivity contribution in [1.29, 1.82) is 5.41 Å². The standard InChI is InChI=1S/C12H17N3/c13-12(14)11-6-2-1-5-10(11)9-15-7-3-4-8-15/h1-2,5-6H,3-4,7-9H2,(H3,13,14). The molecule has 1 saturated heterocycles. The summed E-state index contributed by atoms with van der Waals surface area (Å²) >= 11 is 0. The Balaban J connectivity index is 2.15. The smallest absolute Gasteiger partial charge is 0.123 e. The maximum Gasteiger partial charge on any atom is 0.123 e. The Morgan fingerprint density at radius 2 is 1.93 bits per heavy atom. The average molecular weight is 203 g/mol. The molecule has 0 spiro atoms. The van der Waals surface area contributed by atoms with Crippen LogP contribution in [0.5, 0.6) is 0 Å². The lowest BCUT2D eigenvalue weighted by atomic mass is 10.1. The molecule has 0 radical (unpaired) electrons. The van der Waals surface area contributed by atoms with Gasteiger partial charge in [-0.1, -0.05) is 24.3 Å². The molecule has 2 rings (SSSR count). The van der Waals surface area contributed by atoms with E-state index in [0.29, 0.717) is 0 Å². The van der Waals surface area contributed by atoms with E-state index in [2.05, 4.69) is 11.0 Å². The van der Waals surface area contributed by atoms with Crippen molar-refractivity contribution in [2.45, 2.75) is 19.4 Å². The van der Waals surface area contributed by atoms with E-state index in [-0.39, 0.29) is 5.84 Å². The molecule has 0 bridgehead atoms. The van der Waals surface area contributed by atoms with E-state index < -0.39 is 0 Å². The summed E-state index contributed by atoms with van der Waals surface area (Å²) < 4.78 is 0. The monoisotopic (exact) mass is 203 g/mol. The fourth-order valence-corrected chi connectivity index (χ4v) is 2.10. The van der Waals surface area contributed by atoms with Gasteiger partial charge in [0.15, 0.2) is 0 Å². The zero-order valence-electron chi connectivity index (χ0n) is 8.87. The van der Waals surface area contributed by atoms with E-state index in [9.17, 15) is 0 Å². The zero-order valence-corrected chi connectivity index (χ0v) is 8.87. The lowest BCUT2D eigenvalue weighted by molar-refractivity contribution is 0.331. The van der Waals surface area contributed by atoms with Gasteiger partial charge < -0.3 is 5.73 Å². The van der Waals surface area contributed by atoms with E-state index in [0.717, 1.165) is 12.1 Å². The fourth-order valence-electron chi connectivity index (χ4n) is 2.10. The predicted octanol–water partition coefficient (Wildman–Crippen LogP) is 1.57. The second kappa shape index (κ2) is 4.45.